The van der Waals surface area contributed by atoms with Crippen LogP contribution in [0.25, 0.3) is 0 Å². The van der Waals surface area contributed by atoms with Gasteiger partial charge in [-0.2, -0.15) is 21.6 Å². The summed E-state index contributed by atoms with van der Waals surface area (Å²) in [5, 5.41) is 0. The van der Waals surface area contributed by atoms with E-state index in [1.165, 1.54) is 0 Å². The van der Waals surface area contributed by atoms with E-state index in [-0.39, 0.29) is 11.7 Å². The van der Waals surface area contributed by atoms with Crippen LogP contribution in [0.2, 0.25) is 0 Å². The van der Waals surface area contributed by atoms with Gasteiger partial charge in [-0.3, -0.25) is 0 Å². The molecule has 5 atom stereocenters. The third-order valence-corrected chi connectivity index (χ3v) is 7.89. The van der Waals surface area contributed by atoms with E-state index in [1.807, 2.05) is 6.92 Å². The van der Waals surface area contributed by atoms with Gasteiger partial charge in [-0.15, -0.1) is 0 Å². The van der Waals surface area contributed by atoms with Crippen molar-refractivity contribution in [1.82, 2.24) is 0 Å². The molecule has 0 aromatic heterocycles. The van der Waals surface area contributed by atoms with E-state index in [2.05, 4.69) is 4.18 Å². The lowest BCUT2D eigenvalue weighted by Gasteiger charge is -2.49. The molecule has 0 amide bonds. The second kappa shape index (κ2) is 8.14. The summed E-state index contributed by atoms with van der Waals surface area (Å²) < 4.78 is 76.1. The number of ether oxygens (including phenoxy) is 2. The van der Waals surface area contributed by atoms with Gasteiger partial charge < -0.3 is 13.7 Å². The minimum Gasteiger partial charge on any atom is -0.380 e. The van der Waals surface area contributed by atoms with E-state index < -0.39 is 21.0 Å². The Morgan fingerprint density at radius 3 is 2.64 bits per heavy atom. The van der Waals surface area contributed by atoms with Gasteiger partial charge in [0.05, 0.1) is 0 Å². The summed E-state index contributed by atoms with van der Waals surface area (Å²) in [4.78, 5) is 0. The maximum Gasteiger partial charge on any atom is 0.534 e. The van der Waals surface area contributed by atoms with E-state index in [4.69, 9.17) is 9.47 Å². The fourth-order valence-corrected chi connectivity index (χ4v) is 6.00. The number of alkyl halides is 3. The van der Waals surface area contributed by atoms with E-state index in [0.717, 1.165) is 32.1 Å². The average Bonchev–Trinajstić information content (AvgIpc) is 2.91. The summed E-state index contributed by atoms with van der Waals surface area (Å²) in [6, 6.07) is 0. The predicted octanol–water partition coefficient (Wildman–Crippen LogP) is 4.60. The van der Waals surface area contributed by atoms with Crippen molar-refractivity contribution in [3.05, 3.63) is 11.8 Å². The standard InChI is InChI=1S/C19H29F3O5S/c1-18-11-14-4-3-13(7-8-26-12-25-2)9-15(14)10-16(18)5-6-17(18)27-28(23,24)19(20,21)22/h6,13-16H,3-5,7-12H2,1-2H3/t13-,14+,15-,16-,18-/m0/s1. The molecule has 9 heteroatoms. The van der Waals surface area contributed by atoms with Gasteiger partial charge in [-0.25, -0.2) is 0 Å². The van der Waals surface area contributed by atoms with E-state index in [9.17, 15) is 21.6 Å². The van der Waals surface area contributed by atoms with Crippen LogP contribution in [-0.2, 0) is 23.8 Å². The highest BCUT2D eigenvalue weighted by Gasteiger charge is 2.55. The predicted molar refractivity (Wildman–Crippen MR) is 96.4 cm³/mol. The maximum atomic E-state index is 12.7. The van der Waals surface area contributed by atoms with Crippen LogP contribution in [0.3, 0.4) is 0 Å². The number of halogens is 3. The van der Waals surface area contributed by atoms with Crippen molar-refractivity contribution in [2.45, 2.75) is 57.4 Å². The molecule has 0 unspecified atom stereocenters. The third kappa shape index (κ3) is 4.36. The van der Waals surface area contributed by atoms with Crippen molar-refractivity contribution < 1.29 is 35.2 Å². The first-order valence-electron chi connectivity index (χ1n) is 9.85. The molecular formula is C19H29F3O5S. The molecule has 0 saturated heterocycles. The third-order valence-electron chi connectivity index (χ3n) is 6.93. The Kier molecular flexibility index (Phi) is 6.37. The summed E-state index contributed by atoms with van der Waals surface area (Å²) in [6.07, 6.45) is 7.90. The first-order chi connectivity index (χ1) is 13.1. The molecule has 2 saturated carbocycles. The second-order valence-corrected chi connectivity index (χ2v) is 10.2. The molecule has 0 spiro atoms. The zero-order valence-electron chi connectivity index (χ0n) is 16.3. The van der Waals surface area contributed by atoms with Crippen LogP contribution in [0.5, 0.6) is 0 Å². The van der Waals surface area contributed by atoms with Gasteiger partial charge in [0.25, 0.3) is 0 Å². The zero-order chi connectivity index (χ0) is 20.6. The van der Waals surface area contributed by atoms with Gasteiger partial charge in [0.1, 0.15) is 12.6 Å². The van der Waals surface area contributed by atoms with Crippen LogP contribution in [0, 0.1) is 29.1 Å². The minimum atomic E-state index is -5.62. The molecule has 3 aliphatic carbocycles. The Bertz CT molecular complexity index is 690. The van der Waals surface area contributed by atoms with Crippen LogP contribution in [0.1, 0.15) is 51.9 Å². The number of rotatable bonds is 7. The lowest BCUT2D eigenvalue weighted by molar-refractivity contribution is -0.0557. The largest absolute Gasteiger partial charge is 0.534 e. The van der Waals surface area contributed by atoms with Crippen molar-refractivity contribution in [2.75, 3.05) is 20.5 Å². The van der Waals surface area contributed by atoms with Crippen molar-refractivity contribution in [3.63, 3.8) is 0 Å². The highest BCUT2D eigenvalue weighted by atomic mass is 32.2. The van der Waals surface area contributed by atoms with Gasteiger partial charge in [0, 0.05) is 19.1 Å². The summed E-state index contributed by atoms with van der Waals surface area (Å²) in [6.45, 7) is 2.84. The highest BCUT2D eigenvalue weighted by Crippen LogP contribution is 2.59. The van der Waals surface area contributed by atoms with Crippen LogP contribution in [0.15, 0.2) is 11.8 Å². The molecule has 0 N–H and O–H groups in total. The Balaban J connectivity index is 1.61. The van der Waals surface area contributed by atoms with Crippen LogP contribution < -0.4 is 0 Å². The molecule has 0 aromatic rings. The molecule has 0 aliphatic heterocycles. The van der Waals surface area contributed by atoms with Crippen LogP contribution in [-0.4, -0.2) is 34.4 Å². The van der Waals surface area contributed by atoms with Gasteiger partial charge in [-0.1, -0.05) is 13.3 Å². The number of methoxy groups -OCH3 is 1. The molecule has 0 radical (unpaired) electrons. The van der Waals surface area contributed by atoms with Crippen molar-refractivity contribution in [1.29, 1.82) is 0 Å². The van der Waals surface area contributed by atoms with Gasteiger partial charge in [0.15, 0.2) is 0 Å². The van der Waals surface area contributed by atoms with E-state index in [0.29, 0.717) is 44.0 Å². The van der Waals surface area contributed by atoms with E-state index >= 15 is 0 Å². The smallest absolute Gasteiger partial charge is 0.380 e. The highest BCUT2D eigenvalue weighted by molar-refractivity contribution is 7.87. The molecule has 162 valence electrons. The van der Waals surface area contributed by atoms with E-state index in [1.54, 1.807) is 13.2 Å². The quantitative estimate of drug-likeness (QED) is 0.258. The Morgan fingerprint density at radius 1 is 1.21 bits per heavy atom. The Morgan fingerprint density at radius 2 is 1.96 bits per heavy atom. The topological polar surface area (TPSA) is 61.8 Å². The van der Waals surface area contributed by atoms with Gasteiger partial charge >= 0.3 is 15.6 Å². The molecular weight excluding hydrogens is 397 g/mol. The first-order valence-corrected chi connectivity index (χ1v) is 11.3. The maximum absolute atomic E-state index is 12.7. The lowest BCUT2D eigenvalue weighted by Crippen LogP contribution is -2.42. The summed E-state index contributed by atoms with van der Waals surface area (Å²) in [5.41, 5.74) is -6.03. The number of hydrogen-bond donors (Lipinski definition) is 0. The van der Waals surface area contributed by atoms with Crippen molar-refractivity contribution >= 4 is 10.1 Å². The van der Waals surface area contributed by atoms with Crippen LogP contribution >= 0.6 is 0 Å². The average molecular weight is 426 g/mol. The van der Waals surface area contributed by atoms with Crippen LogP contribution in [0.4, 0.5) is 13.2 Å². The summed E-state index contributed by atoms with van der Waals surface area (Å²) >= 11 is 0. The molecule has 0 bridgehead atoms. The lowest BCUT2D eigenvalue weighted by atomic mass is 9.56. The summed E-state index contributed by atoms with van der Waals surface area (Å²) in [7, 11) is -4.02. The van der Waals surface area contributed by atoms with Crippen molar-refractivity contribution in [2.24, 2.45) is 29.1 Å². The van der Waals surface area contributed by atoms with Gasteiger partial charge in [-0.05, 0) is 68.3 Å². The SMILES string of the molecule is COCOCC[C@@H]1CC[C@@H]2C[C@]3(C)C(OS(=O)(=O)C(F)(F)F)=CC[C@H]3C[C@@H]2C1. The van der Waals surface area contributed by atoms with Crippen molar-refractivity contribution in [3.8, 4) is 0 Å². The fourth-order valence-electron chi connectivity index (χ4n) is 5.41. The first kappa shape index (κ1) is 21.9. The number of allylic oxidation sites excluding steroid dienone is 2. The summed E-state index contributed by atoms with van der Waals surface area (Å²) in [5.74, 6) is 1.65. The molecule has 3 aliphatic rings. The number of hydrogen-bond acceptors (Lipinski definition) is 5. The molecule has 28 heavy (non-hydrogen) atoms. The molecule has 3 rings (SSSR count). The molecule has 0 heterocycles. The monoisotopic (exact) mass is 426 g/mol. The number of fused-ring (bicyclic) bond motifs is 2. The zero-order valence-corrected chi connectivity index (χ0v) is 17.2. The molecule has 0 aromatic carbocycles. The van der Waals surface area contributed by atoms with Gasteiger partial charge in [0.2, 0.25) is 0 Å². The molecule has 5 nitrogen and oxygen atoms in total. The fraction of sp³-hybridized carbons (Fsp3) is 0.895. The normalized spacial score (nSPS) is 35.8. The second-order valence-electron chi connectivity index (χ2n) is 8.64. The Hall–Kier alpha value is -0.800. The minimum absolute atomic E-state index is 0.0108. The molecule has 2 fully saturated rings. The Labute approximate surface area is 164 Å².